The first-order chi connectivity index (χ1) is 8.10. The summed E-state index contributed by atoms with van der Waals surface area (Å²) in [5, 5.41) is 9.22. The van der Waals surface area contributed by atoms with E-state index in [1.807, 2.05) is 13.0 Å². The van der Waals surface area contributed by atoms with Crippen LogP contribution in [-0.4, -0.2) is 25.9 Å². The molecule has 0 fully saturated rings. The standard InChI is InChI=1S/C12H18BrNO3/c1-4-7-5-9(16-2)12(17-3)10(11(7)13)8(14)6-15/h5,8,15H,4,6,14H2,1-3H3. The van der Waals surface area contributed by atoms with Crippen LogP contribution in [-0.2, 0) is 6.42 Å². The normalized spacial score (nSPS) is 12.4. The predicted molar refractivity (Wildman–Crippen MR) is 70.6 cm³/mol. The molecule has 1 atom stereocenters. The van der Waals surface area contributed by atoms with Gasteiger partial charge in [-0.15, -0.1) is 0 Å². The number of hydrogen-bond acceptors (Lipinski definition) is 4. The Morgan fingerprint density at radius 1 is 1.41 bits per heavy atom. The zero-order valence-corrected chi connectivity index (χ0v) is 11.9. The number of aliphatic hydroxyl groups is 1. The molecule has 4 nitrogen and oxygen atoms in total. The number of halogens is 1. The van der Waals surface area contributed by atoms with Crippen molar-refractivity contribution >= 4 is 15.9 Å². The third kappa shape index (κ3) is 2.73. The summed E-state index contributed by atoms with van der Waals surface area (Å²) in [5.41, 5.74) is 7.72. The number of aliphatic hydroxyl groups excluding tert-OH is 1. The SMILES string of the molecule is CCc1cc(OC)c(OC)c(C(N)CO)c1Br. The fraction of sp³-hybridized carbons (Fsp3) is 0.500. The van der Waals surface area contributed by atoms with Crippen molar-refractivity contribution < 1.29 is 14.6 Å². The van der Waals surface area contributed by atoms with Gasteiger partial charge < -0.3 is 20.3 Å². The molecular weight excluding hydrogens is 286 g/mol. The minimum absolute atomic E-state index is 0.148. The maximum absolute atomic E-state index is 9.22. The molecule has 0 heterocycles. The molecule has 0 spiro atoms. The lowest BCUT2D eigenvalue weighted by molar-refractivity contribution is 0.262. The lowest BCUT2D eigenvalue weighted by Crippen LogP contribution is -2.17. The van der Waals surface area contributed by atoms with Crippen molar-refractivity contribution in [2.45, 2.75) is 19.4 Å². The molecule has 3 N–H and O–H groups in total. The van der Waals surface area contributed by atoms with E-state index >= 15 is 0 Å². The average Bonchev–Trinajstić information content (AvgIpc) is 2.36. The number of benzene rings is 1. The van der Waals surface area contributed by atoms with Gasteiger partial charge in [-0.2, -0.15) is 0 Å². The van der Waals surface area contributed by atoms with Gasteiger partial charge in [-0.3, -0.25) is 0 Å². The maximum Gasteiger partial charge on any atom is 0.166 e. The van der Waals surface area contributed by atoms with Gasteiger partial charge in [-0.05, 0) is 18.1 Å². The molecule has 0 radical (unpaired) electrons. The van der Waals surface area contributed by atoms with Crippen molar-refractivity contribution in [3.05, 3.63) is 21.7 Å². The van der Waals surface area contributed by atoms with Crippen LogP contribution in [0.1, 0.15) is 24.1 Å². The van der Waals surface area contributed by atoms with Gasteiger partial charge >= 0.3 is 0 Å². The summed E-state index contributed by atoms with van der Waals surface area (Å²) in [6.45, 7) is 1.89. The fourth-order valence-electron chi connectivity index (χ4n) is 1.73. The zero-order valence-electron chi connectivity index (χ0n) is 10.3. The molecule has 5 heteroatoms. The third-order valence-corrected chi connectivity index (χ3v) is 3.60. The lowest BCUT2D eigenvalue weighted by atomic mass is 10.0. The Bertz CT molecular complexity index is 396. The van der Waals surface area contributed by atoms with Crippen LogP contribution in [0.2, 0.25) is 0 Å². The highest BCUT2D eigenvalue weighted by Crippen LogP contribution is 2.41. The number of rotatable bonds is 5. The van der Waals surface area contributed by atoms with E-state index < -0.39 is 6.04 Å². The molecule has 0 bridgehead atoms. The van der Waals surface area contributed by atoms with Crippen LogP contribution >= 0.6 is 15.9 Å². The first kappa shape index (κ1) is 14.3. The van der Waals surface area contributed by atoms with Gasteiger partial charge in [0, 0.05) is 10.0 Å². The zero-order chi connectivity index (χ0) is 13.0. The van der Waals surface area contributed by atoms with Gasteiger partial charge in [-0.25, -0.2) is 0 Å². The van der Waals surface area contributed by atoms with Crippen molar-refractivity contribution in [3.8, 4) is 11.5 Å². The predicted octanol–water partition coefficient (Wildman–Crippen LogP) is 2.02. The monoisotopic (exact) mass is 303 g/mol. The second-order valence-corrected chi connectivity index (χ2v) is 4.43. The van der Waals surface area contributed by atoms with E-state index in [1.54, 1.807) is 14.2 Å². The van der Waals surface area contributed by atoms with Crippen LogP contribution in [0.15, 0.2) is 10.5 Å². The van der Waals surface area contributed by atoms with Crippen LogP contribution in [0.25, 0.3) is 0 Å². The smallest absolute Gasteiger partial charge is 0.166 e. The molecule has 1 rings (SSSR count). The molecule has 0 amide bonds. The number of ether oxygens (including phenoxy) is 2. The lowest BCUT2D eigenvalue weighted by Gasteiger charge is -2.20. The average molecular weight is 304 g/mol. The summed E-state index contributed by atoms with van der Waals surface area (Å²) >= 11 is 3.51. The number of hydrogen-bond donors (Lipinski definition) is 2. The van der Waals surface area contributed by atoms with E-state index in [9.17, 15) is 5.11 Å². The first-order valence-corrected chi connectivity index (χ1v) is 6.19. The molecule has 0 aliphatic heterocycles. The van der Waals surface area contributed by atoms with Crippen molar-refractivity contribution in [1.82, 2.24) is 0 Å². The van der Waals surface area contributed by atoms with Crippen molar-refractivity contribution in [2.24, 2.45) is 5.73 Å². The minimum atomic E-state index is -0.500. The van der Waals surface area contributed by atoms with Crippen molar-refractivity contribution in [1.29, 1.82) is 0 Å². The molecule has 1 aromatic carbocycles. The molecule has 1 aromatic rings. The largest absolute Gasteiger partial charge is 0.493 e. The van der Waals surface area contributed by atoms with E-state index in [4.69, 9.17) is 15.2 Å². The number of aryl methyl sites for hydroxylation is 1. The Balaban J connectivity index is 3.49. The first-order valence-electron chi connectivity index (χ1n) is 5.40. The second kappa shape index (κ2) is 6.23. The Labute approximate surface area is 110 Å². The van der Waals surface area contributed by atoms with Crippen LogP contribution < -0.4 is 15.2 Å². The Kier molecular flexibility index (Phi) is 5.24. The van der Waals surface area contributed by atoms with Gasteiger partial charge in [0.2, 0.25) is 0 Å². The molecular formula is C12H18BrNO3. The van der Waals surface area contributed by atoms with E-state index in [2.05, 4.69) is 15.9 Å². The molecule has 17 heavy (non-hydrogen) atoms. The molecule has 0 aliphatic rings. The number of nitrogens with two attached hydrogens (primary N) is 1. The van der Waals surface area contributed by atoms with Crippen LogP contribution in [0, 0.1) is 0 Å². The van der Waals surface area contributed by atoms with Gasteiger partial charge in [0.25, 0.3) is 0 Å². The highest BCUT2D eigenvalue weighted by Gasteiger charge is 2.21. The summed E-state index contributed by atoms with van der Waals surface area (Å²) in [4.78, 5) is 0. The molecule has 0 aliphatic carbocycles. The maximum atomic E-state index is 9.22. The van der Waals surface area contributed by atoms with E-state index in [-0.39, 0.29) is 6.61 Å². The number of methoxy groups -OCH3 is 2. The highest BCUT2D eigenvalue weighted by molar-refractivity contribution is 9.10. The van der Waals surface area contributed by atoms with Gasteiger partial charge in [0.15, 0.2) is 11.5 Å². The summed E-state index contributed by atoms with van der Waals surface area (Å²) in [6.07, 6.45) is 0.839. The third-order valence-electron chi connectivity index (χ3n) is 2.66. The van der Waals surface area contributed by atoms with Crippen LogP contribution in [0.5, 0.6) is 11.5 Å². The summed E-state index contributed by atoms with van der Waals surface area (Å²) in [5.74, 6) is 1.20. The Morgan fingerprint density at radius 2 is 2.06 bits per heavy atom. The van der Waals surface area contributed by atoms with Crippen molar-refractivity contribution in [2.75, 3.05) is 20.8 Å². The van der Waals surface area contributed by atoms with Crippen molar-refractivity contribution in [3.63, 3.8) is 0 Å². The fourth-order valence-corrected chi connectivity index (χ4v) is 2.60. The second-order valence-electron chi connectivity index (χ2n) is 3.64. The van der Waals surface area contributed by atoms with Crippen LogP contribution in [0.3, 0.4) is 0 Å². The summed E-state index contributed by atoms with van der Waals surface area (Å²) < 4.78 is 11.5. The molecule has 0 saturated heterocycles. The molecule has 0 saturated carbocycles. The quantitative estimate of drug-likeness (QED) is 0.873. The molecule has 1 unspecified atom stereocenters. The van der Waals surface area contributed by atoms with Gasteiger partial charge in [0.05, 0.1) is 26.9 Å². The topological polar surface area (TPSA) is 64.7 Å². The Morgan fingerprint density at radius 3 is 2.47 bits per heavy atom. The minimum Gasteiger partial charge on any atom is -0.493 e. The highest BCUT2D eigenvalue weighted by atomic mass is 79.9. The molecule has 0 aromatic heterocycles. The van der Waals surface area contributed by atoms with Gasteiger partial charge in [0.1, 0.15) is 0 Å². The van der Waals surface area contributed by atoms with Gasteiger partial charge in [-0.1, -0.05) is 22.9 Å². The van der Waals surface area contributed by atoms with E-state index in [0.29, 0.717) is 11.5 Å². The van der Waals surface area contributed by atoms with E-state index in [0.717, 1.165) is 22.0 Å². The summed E-state index contributed by atoms with van der Waals surface area (Å²) in [7, 11) is 3.14. The van der Waals surface area contributed by atoms with Crippen LogP contribution in [0.4, 0.5) is 0 Å². The van der Waals surface area contributed by atoms with E-state index in [1.165, 1.54) is 0 Å². The summed E-state index contributed by atoms with van der Waals surface area (Å²) in [6, 6.07) is 1.41. The molecule has 96 valence electrons. The Hall–Kier alpha value is -0.780.